The van der Waals surface area contributed by atoms with E-state index >= 15 is 0 Å². The van der Waals surface area contributed by atoms with Crippen molar-refractivity contribution in [1.29, 1.82) is 0 Å². The highest BCUT2D eigenvalue weighted by Gasteiger charge is 2.21. The minimum absolute atomic E-state index is 0.0827. The summed E-state index contributed by atoms with van der Waals surface area (Å²) >= 11 is 2.67. The average molecular weight is 647 g/mol. The lowest BCUT2D eigenvalue weighted by Gasteiger charge is -2.17. The number of benzene rings is 3. The number of carbonyl (C=O) groups is 2. The fraction of sp³-hybridized carbons (Fsp3) is 0.281. The summed E-state index contributed by atoms with van der Waals surface area (Å²) in [4.78, 5) is 30.7. The van der Waals surface area contributed by atoms with Crippen LogP contribution in [-0.2, 0) is 11.3 Å². The third kappa shape index (κ3) is 7.73. The Morgan fingerprint density at radius 1 is 0.911 bits per heavy atom. The largest absolute Gasteiger partial charge is 0.490 e. The lowest BCUT2D eigenvalue weighted by atomic mass is 10.1. The molecule has 0 unspecified atom stereocenters. The summed E-state index contributed by atoms with van der Waals surface area (Å²) in [5.41, 5.74) is 3.05. The third-order valence-electron chi connectivity index (χ3n) is 6.41. The monoisotopic (exact) mass is 646 g/mol. The van der Waals surface area contributed by atoms with E-state index in [1.165, 1.54) is 23.1 Å². The maximum atomic E-state index is 13.4. The number of hydrogen-bond donors (Lipinski definition) is 2. The van der Waals surface area contributed by atoms with E-state index in [2.05, 4.69) is 25.8 Å². The Morgan fingerprint density at radius 3 is 2.33 bits per heavy atom. The second-order valence-corrected chi connectivity index (χ2v) is 11.7. The van der Waals surface area contributed by atoms with Crippen LogP contribution in [0.15, 0.2) is 65.8 Å². The van der Waals surface area contributed by atoms with E-state index in [1.54, 1.807) is 12.1 Å². The molecule has 2 amide bonds. The van der Waals surface area contributed by atoms with Crippen molar-refractivity contribution >= 4 is 50.3 Å². The Kier molecular flexibility index (Phi) is 10.5. The summed E-state index contributed by atoms with van der Waals surface area (Å²) in [6.07, 6.45) is 0. The first-order chi connectivity index (χ1) is 21.9. The van der Waals surface area contributed by atoms with Crippen LogP contribution >= 0.6 is 23.1 Å². The topological polar surface area (TPSA) is 129 Å². The first kappa shape index (κ1) is 31.8. The molecule has 5 rings (SSSR count). The van der Waals surface area contributed by atoms with Crippen LogP contribution in [0.1, 0.15) is 42.5 Å². The van der Waals surface area contributed by atoms with Crippen molar-refractivity contribution in [2.75, 3.05) is 30.9 Å². The lowest BCUT2D eigenvalue weighted by Crippen LogP contribution is -2.25. The molecule has 234 valence electrons. The van der Waals surface area contributed by atoms with Gasteiger partial charge in [-0.2, -0.15) is 0 Å². The van der Waals surface area contributed by atoms with Gasteiger partial charge in [0.1, 0.15) is 0 Å². The van der Waals surface area contributed by atoms with E-state index in [4.69, 9.17) is 14.2 Å². The number of rotatable bonds is 14. The van der Waals surface area contributed by atoms with Crippen LogP contribution in [0.5, 0.6) is 17.2 Å². The molecule has 0 aliphatic carbocycles. The number of aryl methyl sites for hydroxylation is 1. The van der Waals surface area contributed by atoms with Crippen LogP contribution < -0.4 is 24.8 Å². The first-order valence-electron chi connectivity index (χ1n) is 14.5. The van der Waals surface area contributed by atoms with Gasteiger partial charge in [0.2, 0.25) is 11.7 Å². The molecule has 5 aromatic rings. The number of amides is 2. The van der Waals surface area contributed by atoms with Crippen LogP contribution in [0, 0.1) is 6.92 Å². The van der Waals surface area contributed by atoms with E-state index in [9.17, 15) is 9.59 Å². The summed E-state index contributed by atoms with van der Waals surface area (Å²) in [6.45, 7) is 8.89. The number of thioether (sulfide) groups is 1. The molecule has 0 aliphatic heterocycles. The van der Waals surface area contributed by atoms with Gasteiger partial charge in [-0.3, -0.25) is 14.2 Å². The molecule has 2 N–H and O–H groups in total. The molecule has 13 heteroatoms. The number of anilines is 1. The minimum Gasteiger partial charge on any atom is -0.490 e. The normalized spacial score (nSPS) is 10.9. The average Bonchev–Trinajstić information content (AvgIpc) is 3.63. The molecule has 0 radical (unpaired) electrons. The number of nitrogens with one attached hydrogen (secondary N) is 2. The summed E-state index contributed by atoms with van der Waals surface area (Å²) in [5.74, 6) is 1.37. The molecular weight excluding hydrogens is 613 g/mol. The maximum Gasteiger partial charge on any atom is 0.251 e. The van der Waals surface area contributed by atoms with Crippen molar-refractivity contribution in [3.63, 3.8) is 0 Å². The van der Waals surface area contributed by atoms with Crippen molar-refractivity contribution in [2.24, 2.45) is 0 Å². The van der Waals surface area contributed by atoms with Crippen LogP contribution in [0.4, 0.5) is 5.13 Å². The second kappa shape index (κ2) is 14.9. The number of fused-ring (bicyclic) bond motifs is 1. The molecule has 3 aromatic carbocycles. The molecule has 0 fully saturated rings. The number of nitrogens with zero attached hydrogens (tertiary/aromatic N) is 4. The molecule has 2 heterocycles. The molecule has 0 saturated carbocycles. The van der Waals surface area contributed by atoms with Gasteiger partial charge in [0.15, 0.2) is 27.6 Å². The van der Waals surface area contributed by atoms with Gasteiger partial charge in [-0.25, -0.2) is 4.98 Å². The highest BCUT2D eigenvalue weighted by atomic mass is 32.2. The van der Waals surface area contributed by atoms with E-state index in [0.717, 1.165) is 21.5 Å². The molecule has 0 bridgehead atoms. The molecule has 2 aromatic heterocycles. The fourth-order valence-electron chi connectivity index (χ4n) is 4.53. The minimum atomic E-state index is -0.344. The zero-order valence-corrected chi connectivity index (χ0v) is 27.1. The van der Waals surface area contributed by atoms with Gasteiger partial charge >= 0.3 is 0 Å². The zero-order chi connectivity index (χ0) is 31.8. The molecule has 0 spiro atoms. The second-order valence-electron chi connectivity index (χ2n) is 9.68. The van der Waals surface area contributed by atoms with Crippen LogP contribution in [-0.4, -0.2) is 57.1 Å². The molecule has 0 saturated heterocycles. The Bertz CT molecular complexity index is 1740. The lowest BCUT2D eigenvalue weighted by molar-refractivity contribution is -0.113. The van der Waals surface area contributed by atoms with E-state index < -0.39 is 0 Å². The van der Waals surface area contributed by atoms with Crippen molar-refractivity contribution in [3.05, 3.63) is 77.6 Å². The quantitative estimate of drug-likeness (QED) is 0.139. The van der Waals surface area contributed by atoms with Crippen LogP contribution in [0.25, 0.3) is 15.9 Å². The number of thiazole rings is 1. The number of carbonyl (C=O) groups excluding carboxylic acids is 2. The van der Waals surface area contributed by atoms with Crippen molar-refractivity contribution in [1.82, 2.24) is 25.1 Å². The predicted octanol–water partition coefficient (Wildman–Crippen LogP) is 6.04. The van der Waals surface area contributed by atoms with Gasteiger partial charge in [-0.05, 0) is 69.7 Å². The standard InChI is InChI=1S/C32H34N6O5S2/c1-5-41-24-16-21(17-25(42-6-2)29(24)43-7-3)30(40)33-18-27-36-37-32(38(27)22-12-10-11-20(4)15-22)44-19-28(39)35-31-34-23-13-8-9-14-26(23)45-31/h8-17H,5-7,18-19H2,1-4H3,(H,33,40)(H,34,35,39). The molecule has 0 atom stereocenters. The van der Waals surface area contributed by atoms with Gasteiger partial charge in [0, 0.05) is 11.3 Å². The molecule has 45 heavy (non-hydrogen) atoms. The van der Waals surface area contributed by atoms with Gasteiger partial charge in [-0.1, -0.05) is 47.4 Å². The smallest absolute Gasteiger partial charge is 0.251 e. The van der Waals surface area contributed by atoms with Crippen molar-refractivity contribution < 1.29 is 23.8 Å². The number of ether oxygens (including phenoxy) is 3. The Morgan fingerprint density at radius 2 is 1.64 bits per heavy atom. The highest BCUT2D eigenvalue weighted by Crippen LogP contribution is 2.39. The van der Waals surface area contributed by atoms with Gasteiger partial charge in [-0.15, -0.1) is 10.2 Å². The summed E-state index contributed by atoms with van der Waals surface area (Å²) in [7, 11) is 0. The first-order valence-corrected chi connectivity index (χ1v) is 16.3. The Balaban J connectivity index is 1.34. The van der Waals surface area contributed by atoms with Gasteiger partial charge in [0.25, 0.3) is 5.91 Å². The van der Waals surface area contributed by atoms with Crippen molar-refractivity contribution in [3.8, 4) is 22.9 Å². The Hall–Kier alpha value is -4.62. The summed E-state index contributed by atoms with van der Waals surface area (Å²) in [6, 6.07) is 18.9. The number of hydrogen-bond acceptors (Lipinski definition) is 10. The molecule has 11 nitrogen and oxygen atoms in total. The third-order valence-corrected chi connectivity index (χ3v) is 8.29. The van der Waals surface area contributed by atoms with Crippen LogP contribution in [0.3, 0.4) is 0 Å². The summed E-state index contributed by atoms with van der Waals surface area (Å²) in [5, 5.41) is 15.6. The zero-order valence-electron chi connectivity index (χ0n) is 25.5. The highest BCUT2D eigenvalue weighted by molar-refractivity contribution is 7.99. The van der Waals surface area contributed by atoms with Crippen LogP contribution in [0.2, 0.25) is 0 Å². The maximum absolute atomic E-state index is 13.4. The number of aromatic nitrogens is 4. The fourth-order valence-corrected chi connectivity index (χ4v) is 6.18. The van der Waals surface area contributed by atoms with E-state index in [0.29, 0.717) is 58.7 Å². The van der Waals surface area contributed by atoms with Gasteiger partial charge < -0.3 is 24.8 Å². The van der Waals surface area contributed by atoms with Crippen molar-refractivity contribution in [2.45, 2.75) is 39.4 Å². The summed E-state index contributed by atoms with van der Waals surface area (Å²) < 4.78 is 20.2. The predicted molar refractivity (Wildman–Crippen MR) is 176 cm³/mol. The Labute approximate surface area is 269 Å². The SMILES string of the molecule is CCOc1cc(C(=O)NCc2nnc(SCC(=O)Nc3nc4ccccc4s3)n2-c2cccc(C)c2)cc(OCC)c1OCC. The molecule has 0 aliphatic rings. The number of para-hydroxylation sites is 1. The van der Waals surface area contributed by atoms with Gasteiger partial charge in [0.05, 0.1) is 42.3 Å². The van der Waals surface area contributed by atoms with E-state index in [1.807, 2.05) is 80.8 Å². The molecular formula is C32H34N6O5S2. The van der Waals surface area contributed by atoms with E-state index in [-0.39, 0.29) is 24.1 Å².